The normalized spacial score (nSPS) is 20.4. The molecule has 24 heteroatoms. The third kappa shape index (κ3) is 32.2. The molecule has 0 radical (unpaired) electrons. The first kappa shape index (κ1) is 81.5. The maximum Gasteiger partial charge on any atom is 0.312 e. The Hall–Kier alpha value is -5.58. The average Bonchev–Trinajstić information content (AvgIpc) is 1.67. The van der Waals surface area contributed by atoms with Crippen LogP contribution >= 0.6 is 0 Å². The second-order valence-electron chi connectivity index (χ2n) is 24.4. The molecule has 0 aromatic rings. The van der Waals surface area contributed by atoms with Crippen LogP contribution in [0.15, 0.2) is 0 Å². The summed E-state index contributed by atoms with van der Waals surface area (Å²) >= 11 is 0. The summed E-state index contributed by atoms with van der Waals surface area (Å²) in [5.74, 6) is -3.01. The first-order valence-corrected chi connectivity index (χ1v) is 33.7. The number of unbranched alkanes of at least 4 members (excludes halogenated alkanes) is 8. The Morgan fingerprint density at radius 2 is 0.989 bits per heavy atom. The highest BCUT2D eigenvalue weighted by Gasteiger charge is 2.53. The number of nitrogens with two attached hydrogens (primary N) is 2. The summed E-state index contributed by atoms with van der Waals surface area (Å²) in [6.45, 7) is 14.2. The number of amides is 5. The molecule has 2 unspecified atom stereocenters. The fourth-order valence-corrected chi connectivity index (χ4v) is 13.0. The Kier molecular flexibility index (Phi) is 43.2. The zero-order valence-corrected chi connectivity index (χ0v) is 56.2. The van der Waals surface area contributed by atoms with Gasteiger partial charge in [0.1, 0.15) is 18.5 Å². The predicted molar refractivity (Wildman–Crippen MR) is 343 cm³/mol. The van der Waals surface area contributed by atoms with Crippen LogP contribution < -0.4 is 38.1 Å². The van der Waals surface area contributed by atoms with Gasteiger partial charge in [-0.25, -0.2) is 0 Å². The van der Waals surface area contributed by atoms with Gasteiger partial charge in [0, 0.05) is 102 Å². The van der Waals surface area contributed by atoms with Crippen LogP contribution in [0.4, 0.5) is 0 Å². The van der Waals surface area contributed by atoms with E-state index in [0.29, 0.717) is 78.0 Å². The highest BCUT2D eigenvalue weighted by molar-refractivity contribution is 5.92. The van der Waals surface area contributed by atoms with Crippen molar-refractivity contribution in [2.24, 2.45) is 52.9 Å². The van der Waals surface area contributed by atoms with Crippen molar-refractivity contribution in [3.63, 3.8) is 0 Å². The van der Waals surface area contributed by atoms with Gasteiger partial charge in [-0.05, 0) is 68.6 Å². The zero-order valence-electron chi connectivity index (χ0n) is 56.2. The number of hydrogen-bond acceptors (Lipinski definition) is 19. The highest BCUT2D eigenvalue weighted by atomic mass is 16.6. The van der Waals surface area contributed by atoms with E-state index >= 15 is 0 Å². The first-order valence-electron chi connectivity index (χ1n) is 33.7. The second kappa shape index (κ2) is 48.2. The first-order chi connectivity index (χ1) is 43.7. The van der Waals surface area contributed by atoms with E-state index in [1.165, 1.54) is 28.1 Å². The fourth-order valence-electron chi connectivity index (χ4n) is 13.0. The van der Waals surface area contributed by atoms with Crippen LogP contribution in [0.2, 0.25) is 0 Å². The lowest BCUT2D eigenvalue weighted by Gasteiger charge is -2.37. The number of nitrogens with one attached hydrogen (secondary N) is 5. The van der Waals surface area contributed by atoms with Crippen molar-refractivity contribution >= 4 is 59.0 Å². The Labute approximate surface area is 542 Å². The van der Waals surface area contributed by atoms with E-state index in [1.54, 1.807) is 0 Å². The second-order valence-corrected chi connectivity index (χ2v) is 24.4. The molecule has 0 heterocycles. The number of ether oxygens (including phenoxy) is 7. The molecule has 0 bridgehead atoms. The summed E-state index contributed by atoms with van der Waals surface area (Å²) in [6.07, 6.45) is 15.7. The molecule has 520 valence electrons. The van der Waals surface area contributed by atoms with Crippen LogP contribution in [0.5, 0.6) is 0 Å². The van der Waals surface area contributed by atoms with Gasteiger partial charge in [0.05, 0.1) is 78.3 Å². The minimum absolute atomic E-state index is 0.0370. The van der Waals surface area contributed by atoms with Gasteiger partial charge in [0.25, 0.3) is 0 Å². The van der Waals surface area contributed by atoms with Gasteiger partial charge >= 0.3 is 17.9 Å². The lowest BCUT2D eigenvalue weighted by Crippen LogP contribution is -2.53. The number of rotatable bonds is 52. The van der Waals surface area contributed by atoms with Crippen LogP contribution in [0.1, 0.15) is 196 Å². The Morgan fingerprint density at radius 3 is 1.53 bits per heavy atom. The van der Waals surface area contributed by atoms with Crippen molar-refractivity contribution in [1.29, 1.82) is 0 Å². The minimum Gasteiger partial charge on any atom is -0.469 e. The molecule has 2 aliphatic rings. The topological polar surface area (TPSA) is 347 Å². The third-order valence-electron chi connectivity index (χ3n) is 17.9. The van der Waals surface area contributed by atoms with E-state index in [2.05, 4.69) is 46.4 Å². The van der Waals surface area contributed by atoms with Crippen LogP contribution in [-0.4, -0.2) is 175 Å². The largest absolute Gasteiger partial charge is 0.469 e. The third-order valence-corrected chi connectivity index (χ3v) is 17.9. The molecule has 9 N–H and O–H groups in total. The maximum atomic E-state index is 13.6. The molecular weight excluding hydrogens is 1170 g/mol. The quantitative estimate of drug-likeness (QED) is 0.0177. The van der Waals surface area contributed by atoms with Crippen LogP contribution in [0, 0.1) is 53.8 Å². The van der Waals surface area contributed by atoms with E-state index in [9.17, 15) is 47.9 Å². The SMILES string of the molecule is C#CCOCCOCCOCCOCCC(=O)N[C@H](CCC(=O)CCCCCCCNC(=O)C[C@H]1[C@@H](C(NC(C)=O)C(CC)CC)[C@H](N)C[C@@H]1C(=O)OC)C(=O)CCC(=O)NCCCCCCCC(=O)O[C@H]1[C@@H](C(NC(C)=O)C(CC)CC)[C@H](N)C[C@@H]1C(=O)OC. The van der Waals surface area contributed by atoms with Crippen molar-refractivity contribution in [1.82, 2.24) is 26.6 Å². The van der Waals surface area contributed by atoms with Gasteiger partial charge in [-0.2, -0.15) is 0 Å². The summed E-state index contributed by atoms with van der Waals surface area (Å²) in [5, 5.41) is 14.8. The smallest absolute Gasteiger partial charge is 0.312 e. The summed E-state index contributed by atoms with van der Waals surface area (Å²) in [6, 6.07) is -2.53. The lowest BCUT2D eigenvalue weighted by atomic mass is 9.75. The van der Waals surface area contributed by atoms with Crippen LogP contribution in [0.3, 0.4) is 0 Å². The summed E-state index contributed by atoms with van der Waals surface area (Å²) in [5.41, 5.74) is 13.3. The molecule has 2 saturated carbocycles. The van der Waals surface area contributed by atoms with Gasteiger partial charge in [-0.3, -0.25) is 47.9 Å². The van der Waals surface area contributed by atoms with Gasteiger partial charge in [0.2, 0.25) is 29.5 Å². The molecular formula is C67H115N7O17. The number of carbonyl (C=O) groups is 10. The highest BCUT2D eigenvalue weighted by Crippen LogP contribution is 2.44. The Morgan fingerprint density at radius 1 is 0.516 bits per heavy atom. The number of methoxy groups -OCH3 is 2. The number of Topliss-reactive ketones (excluding diaryl/α,β-unsaturated/α-hetero) is 2. The fraction of sp³-hybridized carbons (Fsp3) is 0.821. The molecule has 5 amide bonds. The Balaban J connectivity index is 1.85. The molecule has 0 aromatic carbocycles. The number of esters is 3. The van der Waals surface area contributed by atoms with E-state index in [-0.39, 0.29) is 143 Å². The van der Waals surface area contributed by atoms with Gasteiger partial charge in [-0.1, -0.05) is 97.8 Å². The molecule has 2 fully saturated rings. The molecule has 24 nitrogen and oxygen atoms in total. The molecule has 11 atom stereocenters. The van der Waals surface area contributed by atoms with Crippen LogP contribution in [0.25, 0.3) is 0 Å². The van der Waals surface area contributed by atoms with E-state index in [0.717, 1.165) is 64.2 Å². The van der Waals surface area contributed by atoms with Gasteiger partial charge < -0.3 is 71.2 Å². The molecule has 91 heavy (non-hydrogen) atoms. The van der Waals surface area contributed by atoms with Crippen molar-refractivity contribution in [2.45, 2.75) is 232 Å². The number of terminal acetylenes is 1. The van der Waals surface area contributed by atoms with E-state index in [4.69, 9.17) is 51.0 Å². The molecule has 2 rings (SSSR count). The van der Waals surface area contributed by atoms with Crippen molar-refractivity contribution in [3.05, 3.63) is 0 Å². The van der Waals surface area contributed by atoms with Crippen molar-refractivity contribution in [2.75, 3.05) is 80.2 Å². The van der Waals surface area contributed by atoms with Crippen molar-refractivity contribution in [3.8, 4) is 12.3 Å². The minimum atomic E-state index is -0.982. The maximum absolute atomic E-state index is 13.6. The molecule has 2 aliphatic carbocycles. The summed E-state index contributed by atoms with van der Waals surface area (Å²) < 4.78 is 37.8. The standard InChI is InChI=1S/C67H115N7O17/c1-10-34-87-36-38-89-40-41-90-39-37-88-35-31-58(80)74-55(28-27-49(77)25-21-17-15-19-24-33-71-59(81)44-50-51(66(83)85-8)42-53(68)61(50)63(72-45(6)75)47(11-2)12-3)56(78)29-30-57(79)70-32-23-20-16-18-22-26-60(82)91-65-52(67(84)86-9)43-54(69)62(65)64(73-46(7)76)48(13-4)14-5/h1,47-48,50-55,61-65H,11-44,68-69H2,2-9H3,(H,70,79)(H,71,81)(H,72,75)(H,73,76)(H,74,80)/t50-,51+,52+,53-,54-,55-,61-,62-,63?,64?,65-/m1/s1. The molecule has 0 spiro atoms. The van der Waals surface area contributed by atoms with Gasteiger partial charge in [0.15, 0.2) is 5.78 Å². The predicted octanol–water partition coefficient (Wildman–Crippen LogP) is 5.25. The number of ketones is 2. The monoisotopic (exact) mass is 1290 g/mol. The molecule has 0 aromatic heterocycles. The zero-order chi connectivity index (χ0) is 67.5. The van der Waals surface area contributed by atoms with Crippen LogP contribution in [-0.2, 0) is 81.1 Å². The Bertz CT molecular complexity index is 2230. The van der Waals surface area contributed by atoms with Gasteiger partial charge in [-0.15, -0.1) is 6.42 Å². The summed E-state index contributed by atoms with van der Waals surface area (Å²) in [4.78, 5) is 130. The summed E-state index contributed by atoms with van der Waals surface area (Å²) in [7, 11) is 2.62. The van der Waals surface area contributed by atoms with E-state index < -0.39 is 71.7 Å². The van der Waals surface area contributed by atoms with Crippen molar-refractivity contribution < 1.29 is 81.1 Å². The lowest BCUT2D eigenvalue weighted by molar-refractivity contribution is -0.162. The number of carbonyl (C=O) groups excluding carboxylic acids is 10. The molecule has 0 saturated heterocycles. The molecule has 0 aliphatic heterocycles. The van der Waals surface area contributed by atoms with E-state index in [1.807, 2.05) is 13.8 Å². The number of hydrogen-bond donors (Lipinski definition) is 7. The average molecular weight is 1290 g/mol.